The number of carboxylic acids is 1. The van der Waals surface area contributed by atoms with Crippen molar-refractivity contribution in [1.82, 2.24) is 10.4 Å². The molecular weight excluding hydrogens is 358 g/mol. The van der Waals surface area contributed by atoms with Crippen LogP contribution in [0.1, 0.15) is 17.2 Å². The number of non-ortho nitro benzene ring substituents is 1. The number of nitrogens with one attached hydrogen (secondary N) is 1. The summed E-state index contributed by atoms with van der Waals surface area (Å²) in [4.78, 5) is 44.8. The average molecular weight is 373 g/mol. The van der Waals surface area contributed by atoms with Gasteiger partial charge in [0.1, 0.15) is 6.61 Å². The molecule has 2 rings (SSSR count). The highest BCUT2D eigenvalue weighted by Gasteiger charge is 2.32. The van der Waals surface area contributed by atoms with E-state index < -0.39 is 23.0 Å². The Hall–Kier alpha value is -3.95. The molecule has 0 bridgehead atoms. The van der Waals surface area contributed by atoms with E-state index >= 15 is 0 Å². The average Bonchev–Trinajstić information content (AvgIpc) is 2.66. The zero-order chi connectivity index (χ0) is 19.8. The molecule has 1 unspecified atom stereocenters. The molecule has 2 aromatic carbocycles. The summed E-state index contributed by atoms with van der Waals surface area (Å²) >= 11 is 0. The number of aliphatic carboxylic acids is 1. The van der Waals surface area contributed by atoms with E-state index in [0.717, 1.165) is 0 Å². The Balaban J connectivity index is 2.14. The van der Waals surface area contributed by atoms with Gasteiger partial charge in [-0.3, -0.25) is 20.3 Å². The van der Waals surface area contributed by atoms with Crippen molar-refractivity contribution in [2.24, 2.45) is 0 Å². The van der Waals surface area contributed by atoms with Crippen molar-refractivity contribution < 1.29 is 29.2 Å². The summed E-state index contributed by atoms with van der Waals surface area (Å²) < 4.78 is 5.03. The van der Waals surface area contributed by atoms with Crippen molar-refractivity contribution >= 4 is 24.2 Å². The smallest absolute Gasteiger partial charge is 0.430 e. The van der Waals surface area contributed by atoms with E-state index in [0.29, 0.717) is 10.6 Å². The van der Waals surface area contributed by atoms with Gasteiger partial charge in [-0.15, -0.1) is 0 Å². The minimum absolute atomic E-state index is 0.121. The van der Waals surface area contributed by atoms with Crippen molar-refractivity contribution in [1.29, 1.82) is 0 Å². The molecule has 0 radical (unpaired) electrons. The molecule has 140 valence electrons. The summed E-state index contributed by atoms with van der Waals surface area (Å²) in [6.45, 7) is -0.269. The van der Waals surface area contributed by atoms with Crippen molar-refractivity contribution in [3.8, 4) is 0 Å². The third-order valence-corrected chi connectivity index (χ3v) is 3.51. The van der Waals surface area contributed by atoms with Crippen LogP contribution in [0.25, 0.3) is 0 Å². The Labute approximate surface area is 153 Å². The standard InChI is InChI=1S/C17H15N3O7/c21-11-18-19(15(16(22)23)13-4-2-1-3-5-13)17(24)27-10-12-6-8-14(9-7-12)20(25)26/h1-9,11,15H,10H2,(H,18,21)(H,22,23). The molecule has 0 heterocycles. The topological polar surface area (TPSA) is 139 Å². The molecule has 0 fully saturated rings. The minimum atomic E-state index is -1.50. The van der Waals surface area contributed by atoms with Crippen molar-refractivity contribution in [3.63, 3.8) is 0 Å². The number of hydrazine groups is 1. The fourth-order valence-corrected chi connectivity index (χ4v) is 2.26. The first kappa shape index (κ1) is 19.4. The number of amides is 2. The number of ether oxygens (including phenoxy) is 1. The molecule has 2 N–H and O–H groups in total. The second-order valence-electron chi connectivity index (χ2n) is 5.25. The van der Waals surface area contributed by atoms with Crippen LogP contribution in [0.3, 0.4) is 0 Å². The largest absolute Gasteiger partial charge is 0.479 e. The number of hydrogen-bond acceptors (Lipinski definition) is 6. The van der Waals surface area contributed by atoms with Gasteiger partial charge >= 0.3 is 12.1 Å². The molecule has 2 aromatic rings. The molecule has 0 aliphatic carbocycles. The Bertz CT molecular complexity index is 824. The molecule has 1 atom stereocenters. The van der Waals surface area contributed by atoms with Gasteiger partial charge in [0, 0.05) is 12.1 Å². The number of rotatable bonds is 8. The lowest BCUT2D eigenvalue weighted by Crippen LogP contribution is -2.47. The van der Waals surface area contributed by atoms with Gasteiger partial charge in [0.05, 0.1) is 4.92 Å². The number of carboxylic acid groups (broad SMARTS) is 1. The van der Waals surface area contributed by atoms with Crippen molar-refractivity contribution in [2.45, 2.75) is 12.6 Å². The summed E-state index contributed by atoms with van der Waals surface area (Å²) in [7, 11) is 0. The van der Waals surface area contributed by atoms with Crippen molar-refractivity contribution in [3.05, 3.63) is 75.8 Å². The zero-order valence-corrected chi connectivity index (χ0v) is 13.8. The maximum atomic E-state index is 12.3. The third-order valence-electron chi connectivity index (χ3n) is 3.51. The summed E-state index contributed by atoms with van der Waals surface area (Å²) in [6.07, 6.45) is -0.942. The fraction of sp³-hybridized carbons (Fsp3) is 0.118. The monoisotopic (exact) mass is 373 g/mol. The van der Waals surface area contributed by atoms with Gasteiger partial charge in [-0.1, -0.05) is 30.3 Å². The molecule has 0 aliphatic heterocycles. The summed E-state index contributed by atoms with van der Waals surface area (Å²) in [5, 5.41) is 20.7. The SMILES string of the molecule is O=CNN(C(=O)OCc1ccc([N+](=O)[O-])cc1)C(C(=O)O)c1ccccc1. The third kappa shape index (κ3) is 5.01. The highest BCUT2D eigenvalue weighted by atomic mass is 16.6. The molecule has 2 amide bonds. The molecule has 0 aromatic heterocycles. The lowest BCUT2D eigenvalue weighted by atomic mass is 10.1. The molecule has 0 saturated heterocycles. The second-order valence-corrected chi connectivity index (χ2v) is 5.25. The second kappa shape index (κ2) is 8.94. The van der Waals surface area contributed by atoms with Crippen LogP contribution >= 0.6 is 0 Å². The van der Waals surface area contributed by atoms with Crippen LogP contribution in [-0.2, 0) is 20.9 Å². The summed E-state index contributed by atoms with van der Waals surface area (Å²) in [6, 6.07) is 11.6. The van der Waals surface area contributed by atoms with Gasteiger partial charge in [-0.2, -0.15) is 5.01 Å². The lowest BCUT2D eigenvalue weighted by Gasteiger charge is -2.26. The number of carbonyl (C=O) groups is 3. The van der Waals surface area contributed by atoms with Gasteiger partial charge in [0.2, 0.25) is 6.41 Å². The van der Waals surface area contributed by atoms with Crippen LogP contribution in [0.2, 0.25) is 0 Å². The van der Waals surface area contributed by atoms with Crippen LogP contribution in [0.5, 0.6) is 0 Å². The molecule has 10 heteroatoms. The summed E-state index contributed by atoms with van der Waals surface area (Å²) in [5.41, 5.74) is 2.62. The summed E-state index contributed by atoms with van der Waals surface area (Å²) in [5.74, 6) is -1.37. The van der Waals surface area contributed by atoms with E-state index in [-0.39, 0.29) is 24.3 Å². The van der Waals surface area contributed by atoms with E-state index in [4.69, 9.17) is 4.74 Å². The number of carbonyl (C=O) groups excluding carboxylic acids is 2. The highest BCUT2D eigenvalue weighted by molar-refractivity contribution is 5.82. The Morgan fingerprint density at radius 1 is 1.19 bits per heavy atom. The maximum absolute atomic E-state index is 12.3. The van der Waals surface area contributed by atoms with Crippen LogP contribution < -0.4 is 5.43 Å². The Morgan fingerprint density at radius 2 is 1.81 bits per heavy atom. The Morgan fingerprint density at radius 3 is 2.33 bits per heavy atom. The van der Waals surface area contributed by atoms with E-state index in [2.05, 4.69) is 0 Å². The van der Waals surface area contributed by atoms with Crippen LogP contribution in [0, 0.1) is 10.1 Å². The molecule has 27 heavy (non-hydrogen) atoms. The number of nitro groups is 1. The normalized spacial score (nSPS) is 11.1. The first-order chi connectivity index (χ1) is 12.9. The first-order valence-corrected chi connectivity index (χ1v) is 7.61. The van der Waals surface area contributed by atoms with Gasteiger partial charge in [-0.25, -0.2) is 9.59 Å². The van der Waals surface area contributed by atoms with Gasteiger partial charge < -0.3 is 9.84 Å². The van der Waals surface area contributed by atoms with E-state index in [1.54, 1.807) is 18.2 Å². The molecule has 0 aliphatic rings. The molecule has 0 saturated carbocycles. The molecule has 10 nitrogen and oxygen atoms in total. The van der Waals surface area contributed by atoms with Gasteiger partial charge in [0.15, 0.2) is 6.04 Å². The molecule has 0 spiro atoms. The number of nitrogens with zero attached hydrogens (tertiary/aromatic N) is 2. The predicted octanol–water partition coefficient (Wildman–Crippen LogP) is 2.02. The number of benzene rings is 2. The zero-order valence-electron chi connectivity index (χ0n) is 13.8. The predicted molar refractivity (Wildman–Crippen MR) is 91.1 cm³/mol. The van der Waals surface area contributed by atoms with Crippen molar-refractivity contribution in [2.75, 3.05) is 0 Å². The maximum Gasteiger partial charge on any atom is 0.430 e. The van der Waals surface area contributed by atoms with E-state index in [1.807, 2.05) is 5.43 Å². The van der Waals surface area contributed by atoms with Crippen LogP contribution in [0.4, 0.5) is 10.5 Å². The van der Waals surface area contributed by atoms with E-state index in [1.165, 1.54) is 36.4 Å². The molecular formula is C17H15N3O7. The Kier molecular flexibility index (Phi) is 6.42. The fourth-order valence-electron chi connectivity index (χ4n) is 2.26. The quantitative estimate of drug-likeness (QED) is 0.410. The number of hydrogen-bond donors (Lipinski definition) is 2. The van der Waals surface area contributed by atoms with Gasteiger partial charge in [-0.05, 0) is 23.3 Å². The highest BCUT2D eigenvalue weighted by Crippen LogP contribution is 2.21. The van der Waals surface area contributed by atoms with Crippen LogP contribution in [-0.4, -0.2) is 33.5 Å². The van der Waals surface area contributed by atoms with E-state index in [9.17, 15) is 29.6 Å². The minimum Gasteiger partial charge on any atom is -0.479 e. The lowest BCUT2D eigenvalue weighted by molar-refractivity contribution is -0.384. The van der Waals surface area contributed by atoms with Gasteiger partial charge in [0.25, 0.3) is 5.69 Å². The number of nitro benzene ring substituents is 1. The van der Waals surface area contributed by atoms with Crippen LogP contribution in [0.15, 0.2) is 54.6 Å². The first-order valence-electron chi connectivity index (χ1n) is 7.61.